The molecule has 0 aliphatic carbocycles. The molecule has 1 saturated heterocycles. The molecule has 110 valence electrons. The van der Waals surface area contributed by atoms with Crippen molar-refractivity contribution in [2.75, 3.05) is 6.54 Å². The molecule has 0 bridgehead atoms. The molecule has 1 aromatic carbocycles. The van der Waals surface area contributed by atoms with E-state index in [4.69, 9.17) is 23.2 Å². The van der Waals surface area contributed by atoms with Crippen molar-refractivity contribution in [3.63, 3.8) is 0 Å². The van der Waals surface area contributed by atoms with E-state index in [0.717, 1.165) is 6.42 Å². The number of carboxylic acid groups (broad SMARTS) is 1. The van der Waals surface area contributed by atoms with Crippen LogP contribution in [-0.4, -0.2) is 28.1 Å². The topological polar surface area (TPSA) is 40.5 Å². The second-order valence-electron chi connectivity index (χ2n) is 5.34. The summed E-state index contributed by atoms with van der Waals surface area (Å²) in [6.45, 7) is 4.17. The number of rotatable bonds is 3. The normalized spacial score (nSPS) is 24.9. The van der Waals surface area contributed by atoms with Crippen LogP contribution >= 0.6 is 23.2 Å². The second-order valence-corrected chi connectivity index (χ2v) is 6.15. The Morgan fingerprint density at radius 3 is 2.70 bits per heavy atom. The van der Waals surface area contributed by atoms with E-state index in [2.05, 4.69) is 0 Å². The summed E-state index contributed by atoms with van der Waals surface area (Å²) < 4.78 is 13.6. The van der Waals surface area contributed by atoms with E-state index in [0.29, 0.717) is 23.6 Å². The van der Waals surface area contributed by atoms with Crippen molar-refractivity contribution >= 4 is 29.2 Å². The fourth-order valence-electron chi connectivity index (χ4n) is 2.86. The van der Waals surface area contributed by atoms with Crippen LogP contribution in [0.25, 0.3) is 0 Å². The molecule has 0 saturated carbocycles. The van der Waals surface area contributed by atoms with E-state index in [1.807, 2.05) is 11.8 Å². The van der Waals surface area contributed by atoms with Gasteiger partial charge in [-0.3, -0.25) is 9.69 Å². The number of nitrogens with zero attached hydrogens (tertiary/aromatic N) is 1. The molecule has 0 radical (unpaired) electrons. The van der Waals surface area contributed by atoms with Crippen molar-refractivity contribution in [1.82, 2.24) is 4.90 Å². The van der Waals surface area contributed by atoms with Crippen LogP contribution in [0.5, 0.6) is 0 Å². The highest BCUT2D eigenvalue weighted by atomic mass is 35.5. The molecule has 2 unspecified atom stereocenters. The maximum absolute atomic E-state index is 13.6. The van der Waals surface area contributed by atoms with Crippen LogP contribution in [0.4, 0.5) is 4.39 Å². The molecule has 0 amide bonds. The standard InChI is InChI=1S/C14H16Cl2FNO2/c1-8(9-6-12(17)11(16)7-10(9)15)18-5-3-4-14(18,2)13(19)20/h6-8H,3-5H2,1-2H3,(H,19,20). The Labute approximate surface area is 127 Å². The zero-order valence-electron chi connectivity index (χ0n) is 11.3. The zero-order valence-corrected chi connectivity index (χ0v) is 12.8. The summed E-state index contributed by atoms with van der Waals surface area (Å²) in [4.78, 5) is 13.4. The first-order valence-electron chi connectivity index (χ1n) is 6.42. The van der Waals surface area contributed by atoms with Crippen molar-refractivity contribution in [3.05, 3.63) is 33.6 Å². The van der Waals surface area contributed by atoms with Crippen LogP contribution < -0.4 is 0 Å². The number of aliphatic carboxylic acids is 1. The van der Waals surface area contributed by atoms with Gasteiger partial charge in [-0.2, -0.15) is 0 Å². The van der Waals surface area contributed by atoms with Crippen LogP contribution in [0.1, 0.15) is 38.3 Å². The maximum atomic E-state index is 13.6. The predicted molar refractivity (Wildman–Crippen MR) is 76.8 cm³/mol. The third-order valence-electron chi connectivity index (χ3n) is 4.11. The van der Waals surface area contributed by atoms with Crippen molar-refractivity contribution in [3.8, 4) is 0 Å². The lowest BCUT2D eigenvalue weighted by molar-refractivity contribution is -0.149. The minimum atomic E-state index is -0.946. The Morgan fingerprint density at radius 2 is 2.10 bits per heavy atom. The fraction of sp³-hybridized carbons (Fsp3) is 0.500. The molecule has 6 heteroatoms. The Kier molecular flexibility index (Phi) is 4.28. The summed E-state index contributed by atoms with van der Waals surface area (Å²) in [5.74, 6) is -1.42. The first-order valence-corrected chi connectivity index (χ1v) is 7.17. The summed E-state index contributed by atoms with van der Waals surface area (Å²) in [6, 6.07) is 2.35. The van der Waals surface area contributed by atoms with E-state index < -0.39 is 17.3 Å². The molecule has 1 fully saturated rings. The van der Waals surface area contributed by atoms with Gasteiger partial charge in [-0.25, -0.2) is 4.39 Å². The highest BCUT2D eigenvalue weighted by Crippen LogP contribution is 2.39. The van der Waals surface area contributed by atoms with Gasteiger partial charge in [0.25, 0.3) is 0 Å². The number of carbonyl (C=O) groups is 1. The highest BCUT2D eigenvalue weighted by Gasteiger charge is 2.45. The van der Waals surface area contributed by atoms with Gasteiger partial charge in [0.2, 0.25) is 0 Å². The van der Waals surface area contributed by atoms with Crippen LogP contribution in [0, 0.1) is 5.82 Å². The monoisotopic (exact) mass is 319 g/mol. The number of halogens is 3. The number of hydrogen-bond donors (Lipinski definition) is 1. The molecular formula is C14H16Cl2FNO2. The molecule has 2 rings (SSSR count). The van der Waals surface area contributed by atoms with Crippen molar-refractivity contribution in [2.24, 2.45) is 0 Å². The molecule has 1 aromatic rings. The summed E-state index contributed by atoms with van der Waals surface area (Å²) in [5, 5.41) is 9.75. The van der Waals surface area contributed by atoms with Gasteiger partial charge < -0.3 is 5.11 Å². The van der Waals surface area contributed by atoms with Gasteiger partial charge in [-0.05, 0) is 50.9 Å². The van der Waals surface area contributed by atoms with E-state index in [1.165, 1.54) is 12.1 Å². The molecule has 0 spiro atoms. The zero-order chi connectivity index (χ0) is 15.1. The predicted octanol–water partition coefficient (Wildman–Crippen LogP) is 4.13. The molecule has 3 nitrogen and oxygen atoms in total. The van der Waals surface area contributed by atoms with Gasteiger partial charge >= 0.3 is 5.97 Å². The SMILES string of the molecule is CC(c1cc(F)c(Cl)cc1Cl)N1CCCC1(C)C(=O)O. The van der Waals surface area contributed by atoms with Crippen LogP contribution in [0.2, 0.25) is 10.0 Å². The molecule has 0 aromatic heterocycles. The Morgan fingerprint density at radius 1 is 1.45 bits per heavy atom. The second kappa shape index (κ2) is 5.51. The van der Waals surface area contributed by atoms with Gasteiger partial charge in [0.1, 0.15) is 11.4 Å². The van der Waals surface area contributed by atoms with E-state index >= 15 is 0 Å². The number of carboxylic acids is 1. The van der Waals surface area contributed by atoms with E-state index in [1.54, 1.807) is 6.92 Å². The number of benzene rings is 1. The fourth-order valence-corrected chi connectivity index (χ4v) is 3.40. The molecular weight excluding hydrogens is 304 g/mol. The molecule has 1 N–H and O–H groups in total. The van der Waals surface area contributed by atoms with Crippen molar-refractivity contribution < 1.29 is 14.3 Å². The first-order chi connectivity index (χ1) is 9.27. The first kappa shape index (κ1) is 15.5. The van der Waals surface area contributed by atoms with Gasteiger partial charge in [-0.1, -0.05) is 23.2 Å². The molecule has 1 aliphatic heterocycles. The minimum absolute atomic E-state index is 0.0339. The van der Waals surface area contributed by atoms with E-state index in [-0.39, 0.29) is 11.1 Å². The van der Waals surface area contributed by atoms with Gasteiger partial charge in [0.15, 0.2) is 0 Å². The largest absolute Gasteiger partial charge is 0.480 e. The van der Waals surface area contributed by atoms with Crippen molar-refractivity contribution in [1.29, 1.82) is 0 Å². The van der Waals surface area contributed by atoms with Crippen LogP contribution in [-0.2, 0) is 4.79 Å². The summed E-state index contributed by atoms with van der Waals surface area (Å²) in [7, 11) is 0. The average Bonchev–Trinajstić information content (AvgIpc) is 2.76. The molecule has 20 heavy (non-hydrogen) atoms. The minimum Gasteiger partial charge on any atom is -0.480 e. The number of hydrogen-bond acceptors (Lipinski definition) is 2. The quantitative estimate of drug-likeness (QED) is 0.851. The molecule has 1 aliphatic rings. The van der Waals surface area contributed by atoms with Gasteiger partial charge in [-0.15, -0.1) is 0 Å². The Bertz CT molecular complexity index is 552. The lowest BCUT2D eigenvalue weighted by atomic mass is 9.96. The van der Waals surface area contributed by atoms with Crippen molar-refractivity contribution in [2.45, 2.75) is 38.3 Å². The lowest BCUT2D eigenvalue weighted by Crippen LogP contribution is -2.48. The van der Waals surface area contributed by atoms with Gasteiger partial charge in [0, 0.05) is 11.1 Å². The summed E-state index contributed by atoms with van der Waals surface area (Å²) in [6.07, 6.45) is 1.36. The summed E-state index contributed by atoms with van der Waals surface area (Å²) >= 11 is 11.8. The van der Waals surface area contributed by atoms with Crippen LogP contribution in [0.15, 0.2) is 12.1 Å². The van der Waals surface area contributed by atoms with Gasteiger partial charge in [0.05, 0.1) is 5.02 Å². The average molecular weight is 320 g/mol. The molecule has 2 atom stereocenters. The van der Waals surface area contributed by atoms with Crippen LogP contribution in [0.3, 0.4) is 0 Å². The Balaban J connectivity index is 2.39. The smallest absolute Gasteiger partial charge is 0.323 e. The molecule has 1 heterocycles. The maximum Gasteiger partial charge on any atom is 0.323 e. The van der Waals surface area contributed by atoms with E-state index in [9.17, 15) is 14.3 Å². The highest BCUT2D eigenvalue weighted by molar-refractivity contribution is 6.35. The lowest BCUT2D eigenvalue weighted by Gasteiger charge is -2.36. The third-order valence-corrected chi connectivity index (χ3v) is 4.73. The summed E-state index contributed by atoms with van der Waals surface area (Å²) in [5.41, 5.74) is -0.387. The number of likely N-dealkylation sites (tertiary alicyclic amines) is 1. The Hall–Kier alpha value is -0.840. The third kappa shape index (κ3) is 2.52.